The smallest absolute Gasteiger partial charge is 0.296 e. The highest BCUT2D eigenvalue weighted by atomic mass is 32.2. The summed E-state index contributed by atoms with van der Waals surface area (Å²) in [5, 5.41) is 2.56. The number of nitrogens with one attached hydrogen (secondary N) is 1. The quantitative estimate of drug-likeness (QED) is 0.290. The van der Waals surface area contributed by atoms with Gasteiger partial charge in [0.2, 0.25) is 0 Å². The van der Waals surface area contributed by atoms with Crippen LogP contribution >= 0.6 is 12.6 Å². The van der Waals surface area contributed by atoms with Crippen LogP contribution in [0.2, 0.25) is 0 Å². The van der Waals surface area contributed by atoms with Crippen molar-refractivity contribution in [3.63, 3.8) is 0 Å². The maximum absolute atomic E-state index is 11.2. The lowest BCUT2D eigenvalue weighted by Gasteiger charge is -2.12. The summed E-state index contributed by atoms with van der Waals surface area (Å²) in [6.07, 6.45) is 0. The molecule has 0 fully saturated rings. The molecular weight excluding hydrogens is 316 g/mol. The minimum absolute atomic E-state index is 0.196. The van der Waals surface area contributed by atoms with E-state index in [0.717, 1.165) is 12.1 Å². The molecule has 0 atom stereocenters. The highest BCUT2D eigenvalue weighted by Crippen LogP contribution is 2.29. The number of anilines is 2. The van der Waals surface area contributed by atoms with E-state index in [9.17, 15) is 16.8 Å². The summed E-state index contributed by atoms with van der Waals surface area (Å²) >= 11 is 3.89. The van der Waals surface area contributed by atoms with Crippen molar-refractivity contribution < 1.29 is 25.9 Å². The van der Waals surface area contributed by atoms with E-state index < -0.39 is 35.7 Å². The average molecular weight is 328 g/mol. The molecule has 5 N–H and O–H groups in total. The minimum Gasteiger partial charge on any atom is -0.398 e. The number of rotatable bonds is 5. The number of nitrogen functional groups attached to an aromatic ring is 1. The Morgan fingerprint density at radius 1 is 1.11 bits per heavy atom. The zero-order valence-corrected chi connectivity index (χ0v) is 12.0. The minimum atomic E-state index is -4.60. The molecule has 0 aliphatic rings. The van der Waals surface area contributed by atoms with E-state index in [1.54, 1.807) is 0 Å². The van der Waals surface area contributed by atoms with Gasteiger partial charge in [-0.05, 0) is 12.1 Å². The van der Waals surface area contributed by atoms with Crippen molar-refractivity contribution in [2.75, 3.05) is 23.3 Å². The molecule has 0 amide bonds. The molecule has 19 heavy (non-hydrogen) atoms. The fourth-order valence-corrected chi connectivity index (χ4v) is 2.76. The van der Waals surface area contributed by atoms with Crippen LogP contribution in [0.4, 0.5) is 11.4 Å². The lowest BCUT2D eigenvalue weighted by Crippen LogP contribution is -2.12. The lowest BCUT2D eigenvalue weighted by molar-refractivity contribution is 0.479. The van der Waals surface area contributed by atoms with Crippen molar-refractivity contribution >= 4 is 44.2 Å². The van der Waals surface area contributed by atoms with Gasteiger partial charge >= 0.3 is 0 Å². The maximum atomic E-state index is 11.2. The molecule has 0 spiro atoms. The molecule has 1 aromatic rings. The van der Waals surface area contributed by atoms with Gasteiger partial charge < -0.3 is 11.1 Å². The Labute approximate surface area is 115 Å². The number of hydrogen-bond acceptors (Lipinski definition) is 7. The fourth-order valence-electron chi connectivity index (χ4n) is 1.34. The first kappa shape index (κ1) is 16.0. The van der Waals surface area contributed by atoms with Gasteiger partial charge in [0.05, 0.1) is 11.4 Å². The van der Waals surface area contributed by atoms with Crippen LogP contribution in [0.5, 0.6) is 0 Å². The van der Waals surface area contributed by atoms with Crippen LogP contribution in [0.1, 0.15) is 0 Å². The van der Waals surface area contributed by atoms with Crippen molar-refractivity contribution in [1.82, 2.24) is 0 Å². The van der Waals surface area contributed by atoms with Gasteiger partial charge in [0.15, 0.2) is 0 Å². The summed E-state index contributed by atoms with van der Waals surface area (Å²) in [5.41, 5.74) is 4.65. The first-order valence-electron chi connectivity index (χ1n) is 4.80. The largest absolute Gasteiger partial charge is 0.398 e. The van der Waals surface area contributed by atoms with Gasteiger partial charge in [-0.15, -0.1) is 0 Å². The molecule has 8 nitrogen and oxygen atoms in total. The number of hydrogen-bond donors (Lipinski definition) is 5. The van der Waals surface area contributed by atoms with Crippen molar-refractivity contribution in [3.8, 4) is 0 Å². The van der Waals surface area contributed by atoms with Crippen LogP contribution in [0.3, 0.4) is 0 Å². The fraction of sp³-hybridized carbons (Fsp3) is 0.250. The monoisotopic (exact) mass is 328 g/mol. The Kier molecular flexibility index (Phi) is 4.68. The Balaban J connectivity index is 3.55. The van der Waals surface area contributed by atoms with Crippen LogP contribution in [0, 0.1) is 0 Å². The summed E-state index contributed by atoms with van der Waals surface area (Å²) in [6, 6.07) is 1.58. The lowest BCUT2D eigenvalue weighted by atomic mass is 10.3. The van der Waals surface area contributed by atoms with E-state index in [1.165, 1.54) is 0 Å². The molecule has 0 unspecified atom stereocenters. The molecule has 0 aromatic heterocycles. The topological polar surface area (TPSA) is 147 Å². The SMILES string of the molecule is Nc1cc(S(=O)(=O)O)c(NCCS)cc1S(=O)(=O)O. The molecule has 0 heterocycles. The Morgan fingerprint density at radius 3 is 2.05 bits per heavy atom. The Morgan fingerprint density at radius 2 is 1.63 bits per heavy atom. The molecule has 1 rings (SSSR count). The summed E-state index contributed by atoms with van der Waals surface area (Å²) in [7, 11) is -9.20. The van der Waals surface area contributed by atoms with E-state index >= 15 is 0 Å². The van der Waals surface area contributed by atoms with E-state index in [-0.39, 0.29) is 12.2 Å². The second kappa shape index (κ2) is 5.54. The summed E-state index contributed by atoms with van der Waals surface area (Å²) in [6.45, 7) is 0.209. The molecule has 0 aliphatic carbocycles. The standard InChI is InChI=1S/C8H12N2O6S3/c9-5-3-8(19(14,15)16)6(10-1-2-17)4-7(5)18(11,12)13/h3-4,10,17H,1-2,9H2,(H,11,12,13)(H,14,15,16). The molecule has 1 aromatic carbocycles. The molecule has 0 saturated carbocycles. The normalized spacial score (nSPS) is 12.4. The third kappa shape index (κ3) is 3.98. The molecule has 0 aliphatic heterocycles. The van der Waals surface area contributed by atoms with Gasteiger partial charge in [-0.3, -0.25) is 9.11 Å². The Hall–Kier alpha value is -1.01. The van der Waals surface area contributed by atoms with Crippen molar-refractivity contribution in [1.29, 1.82) is 0 Å². The van der Waals surface area contributed by atoms with E-state index in [4.69, 9.17) is 14.8 Å². The van der Waals surface area contributed by atoms with Gasteiger partial charge in [-0.1, -0.05) is 0 Å². The van der Waals surface area contributed by atoms with E-state index in [2.05, 4.69) is 17.9 Å². The molecular formula is C8H12N2O6S3. The van der Waals surface area contributed by atoms with Gasteiger partial charge in [-0.25, -0.2) is 0 Å². The zero-order valence-electron chi connectivity index (χ0n) is 9.44. The molecule has 0 saturated heterocycles. The molecule has 0 bridgehead atoms. The van der Waals surface area contributed by atoms with Crippen LogP contribution in [0.15, 0.2) is 21.9 Å². The van der Waals surface area contributed by atoms with Gasteiger partial charge in [0.1, 0.15) is 9.79 Å². The van der Waals surface area contributed by atoms with Gasteiger partial charge in [0, 0.05) is 12.3 Å². The van der Waals surface area contributed by atoms with E-state index in [1.807, 2.05) is 0 Å². The first-order valence-corrected chi connectivity index (χ1v) is 8.32. The predicted molar refractivity (Wildman–Crippen MR) is 72.8 cm³/mol. The second-order valence-electron chi connectivity index (χ2n) is 3.49. The summed E-state index contributed by atoms with van der Waals surface area (Å²) in [4.78, 5) is -1.24. The zero-order chi connectivity index (χ0) is 14.8. The van der Waals surface area contributed by atoms with Crippen molar-refractivity contribution in [2.24, 2.45) is 0 Å². The molecule has 11 heteroatoms. The van der Waals surface area contributed by atoms with Crippen molar-refractivity contribution in [2.45, 2.75) is 9.79 Å². The number of benzene rings is 1. The third-order valence-electron chi connectivity index (χ3n) is 2.10. The van der Waals surface area contributed by atoms with Crippen LogP contribution in [-0.2, 0) is 20.2 Å². The Bertz CT molecular complexity index is 683. The number of nitrogens with two attached hydrogens (primary N) is 1. The molecule has 108 valence electrons. The first-order chi connectivity index (χ1) is 8.57. The highest BCUT2D eigenvalue weighted by Gasteiger charge is 2.22. The van der Waals surface area contributed by atoms with Gasteiger partial charge in [-0.2, -0.15) is 29.5 Å². The van der Waals surface area contributed by atoms with Crippen LogP contribution in [-0.4, -0.2) is 38.2 Å². The highest BCUT2D eigenvalue weighted by molar-refractivity contribution is 7.86. The van der Waals surface area contributed by atoms with Gasteiger partial charge in [0.25, 0.3) is 20.2 Å². The summed E-state index contributed by atoms with van der Waals surface area (Å²) < 4.78 is 62.4. The molecule has 0 radical (unpaired) electrons. The van der Waals surface area contributed by atoms with E-state index in [0.29, 0.717) is 5.75 Å². The summed E-state index contributed by atoms with van der Waals surface area (Å²) in [5.74, 6) is 0.330. The third-order valence-corrected chi connectivity index (χ3v) is 4.12. The average Bonchev–Trinajstić information content (AvgIpc) is 2.24. The van der Waals surface area contributed by atoms with Crippen molar-refractivity contribution in [3.05, 3.63) is 12.1 Å². The van der Waals surface area contributed by atoms with Crippen LogP contribution in [0.25, 0.3) is 0 Å². The number of thiol groups is 1. The predicted octanol–water partition coefficient (Wildman–Crippen LogP) is 0.104. The second-order valence-corrected chi connectivity index (χ2v) is 6.71. The maximum Gasteiger partial charge on any atom is 0.296 e. The van der Waals surface area contributed by atoms with Crippen LogP contribution < -0.4 is 11.1 Å².